The average molecular weight is 357 g/mol. The molecule has 6 nitrogen and oxygen atoms in total. The molecule has 6 heteroatoms. The van der Waals surface area contributed by atoms with E-state index in [9.17, 15) is 14.4 Å². The molecule has 1 aromatic rings. The first-order chi connectivity index (χ1) is 12.5. The molecule has 1 saturated carbocycles. The van der Waals surface area contributed by atoms with Gasteiger partial charge < -0.3 is 10.2 Å². The number of rotatable bonds is 6. The van der Waals surface area contributed by atoms with E-state index in [1.165, 1.54) is 0 Å². The largest absolute Gasteiger partial charge is 0.334 e. The topological polar surface area (TPSA) is 69.7 Å². The van der Waals surface area contributed by atoms with Crippen LogP contribution in [0.25, 0.3) is 0 Å². The molecule has 0 aromatic heterocycles. The van der Waals surface area contributed by atoms with Crippen molar-refractivity contribution in [2.75, 3.05) is 6.54 Å². The van der Waals surface area contributed by atoms with Gasteiger partial charge in [0.15, 0.2) is 0 Å². The molecule has 1 N–H and O–H groups in total. The Balaban J connectivity index is 1.73. The standard InChI is InChI=1S/C20H27N3O3/c1-3-15(2)22(13-16-9-5-4-6-10-16)17(24)14-23-18(25)20(21-19(23)26)11-7-8-12-20/h4-6,9-10,15H,3,7-8,11-14H2,1-2H3,(H,21,26)/t15-/m0/s1. The van der Waals surface area contributed by atoms with Crippen LogP contribution in [0, 0.1) is 0 Å². The highest BCUT2D eigenvalue weighted by Crippen LogP contribution is 2.35. The highest BCUT2D eigenvalue weighted by atomic mass is 16.2. The van der Waals surface area contributed by atoms with Crippen molar-refractivity contribution >= 4 is 17.8 Å². The van der Waals surface area contributed by atoms with E-state index in [1.807, 2.05) is 44.2 Å². The molecule has 0 unspecified atom stereocenters. The highest BCUT2D eigenvalue weighted by molar-refractivity contribution is 6.09. The van der Waals surface area contributed by atoms with E-state index < -0.39 is 11.6 Å². The second-order valence-corrected chi connectivity index (χ2v) is 7.38. The second kappa shape index (κ2) is 7.48. The summed E-state index contributed by atoms with van der Waals surface area (Å²) in [6, 6.07) is 9.37. The maximum atomic E-state index is 13.0. The van der Waals surface area contributed by atoms with Gasteiger partial charge in [-0.3, -0.25) is 14.5 Å². The van der Waals surface area contributed by atoms with E-state index in [2.05, 4.69) is 5.32 Å². The molecule has 1 aliphatic carbocycles. The number of nitrogens with one attached hydrogen (secondary N) is 1. The normalized spacial score (nSPS) is 19.7. The predicted octanol–water partition coefficient (Wildman–Crippen LogP) is 2.68. The average Bonchev–Trinajstić information content (AvgIpc) is 3.20. The van der Waals surface area contributed by atoms with E-state index >= 15 is 0 Å². The molecule has 3 rings (SSSR count). The highest BCUT2D eigenvalue weighted by Gasteiger charge is 2.52. The Labute approximate surface area is 154 Å². The number of urea groups is 1. The third-order valence-electron chi connectivity index (χ3n) is 5.64. The summed E-state index contributed by atoms with van der Waals surface area (Å²) in [5.41, 5.74) is 0.267. The smallest absolute Gasteiger partial charge is 0.325 e. The van der Waals surface area contributed by atoms with Gasteiger partial charge in [0, 0.05) is 12.6 Å². The molecular weight excluding hydrogens is 330 g/mol. The first-order valence-electron chi connectivity index (χ1n) is 9.44. The quantitative estimate of drug-likeness (QED) is 0.796. The van der Waals surface area contributed by atoms with Crippen molar-refractivity contribution in [1.29, 1.82) is 0 Å². The Morgan fingerprint density at radius 2 is 1.88 bits per heavy atom. The zero-order valence-corrected chi connectivity index (χ0v) is 15.5. The SMILES string of the molecule is CC[C@H](C)N(Cc1ccccc1)C(=O)CN1C(=O)NC2(CCCC2)C1=O. The van der Waals surface area contributed by atoms with Crippen molar-refractivity contribution in [2.24, 2.45) is 0 Å². The lowest BCUT2D eigenvalue weighted by molar-refractivity contribution is -0.140. The Morgan fingerprint density at radius 3 is 2.50 bits per heavy atom. The van der Waals surface area contributed by atoms with Gasteiger partial charge in [-0.1, -0.05) is 50.1 Å². The monoisotopic (exact) mass is 357 g/mol. The van der Waals surface area contributed by atoms with Crippen LogP contribution >= 0.6 is 0 Å². The molecule has 1 atom stereocenters. The Bertz CT molecular complexity index is 683. The first-order valence-corrected chi connectivity index (χ1v) is 9.44. The molecule has 1 spiro atoms. The lowest BCUT2D eigenvalue weighted by Gasteiger charge is -2.30. The van der Waals surface area contributed by atoms with Crippen molar-refractivity contribution in [1.82, 2.24) is 15.1 Å². The van der Waals surface area contributed by atoms with Crippen LogP contribution in [0.2, 0.25) is 0 Å². The maximum absolute atomic E-state index is 13.0. The summed E-state index contributed by atoms with van der Waals surface area (Å²) in [7, 11) is 0. The Hall–Kier alpha value is -2.37. The number of carbonyl (C=O) groups excluding carboxylic acids is 3. The molecular formula is C20H27N3O3. The van der Waals surface area contributed by atoms with E-state index in [0.717, 1.165) is 29.7 Å². The van der Waals surface area contributed by atoms with Crippen LogP contribution in [0.3, 0.4) is 0 Å². The van der Waals surface area contributed by atoms with Crippen molar-refractivity contribution in [3.05, 3.63) is 35.9 Å². The number of amides is 4. The van der Waals surface area contributed by atoms with Crippen LogP contribution in [0.15, 0.2) is 30.3 Å². The Morgan fingerprint density at radius 1 is 1.23 bits per heavy atom. The van der Waals surface area contributed by atoms with Crippen molar-refractivity contribution < 1.29 is 14.4 Å². The van der Waals surface area contributed by atoms with Gasteiger partial charge in [0.05, 0.1) is 0 Å². The fraction of sp³-hybridized carbons (Fsp3) is 0.550. The van der Waals surface area contributed by atoms with Gasteiger partial charge in [0.1, 0.15) is 12.1 Å². The summed E-state index contributed by atoms with van der Waals surface area (Å²) in [4.78, 5) is 40.9. The zero-order chi connectivity index (χ0) is 18.7. The van der Waals surface area contributed by atoms with Crippen LogP contribution in [-0.2, 0) is 16.1 Å². The Kier molecular flexibility index (Phi) is 5.30. The van der Waals surface area contributed by atoms with Crippen molar-refractivity contribution in [3.63, 3.8) is 0 Å². The molecule has 1 aromatic carbocycles. The minimum Gasteiger partial charge on any atom is -0.334 e. The summed E-state index contributed by atoms with van der Waals surface area (Å²) >= 11 is 0. The molecule has 2 fully saturated rings. The van der Waals surface area contributed by atoms with E-state index in [4.69, 9.17) is 0 Å². The minimum absolute atomic E-state index is 0.0314. The molecule has 1 aliphatic heterocycles. The van der Waals surface area contributed by atoms with Crippen LogP contribution in [0.1, 0.15) is 51.5 Å². The van der Waals surface area contributed by atoms with Crippen LogP contribution in [0.5, 0.6) is 0 Å². The van der Waals surface area contributed by atoms with Crippen molar-refractivity contribution in [3.8, 4) is 0 Å². The lowest BCUT2D eigenvalue weighted by Crippen LogP contribution is -2.47. The summed E-state index contributed by atoms with van der Waals surface area (Å²) in [6.07, 6.45) is 4.01. The molecule has 4 amide bonds. The fourth-order valence-electron chi connectivity index (χ4n) is 3.85. The van der Waals surface area contributed by atoms with E-state index in [1.54, 1.807) is 4.90 Å². The van der Waals surface area contributed by atoms with Gasteiger partial charge in [-0.05, 0) is 31.7 Å². The van der Waals surface area contributed by atoms with E-state index in [-0.39, 0.29) is 24.4 Å². The third kappa shape index (κ3) is 3.45. The van der Waals surface area contributed by atoms with Gasteiger partial charge >= 0.3 is 6.03 Å². The number of hydrogen-bond donors (Lipinski definition) is 1. The molecule has 0 bridgehead atoms. The van der Waals surface area contributed by atoms with Crippen molar-refractivity contribution in [2.45, 2.75) is 64.1 Å². The van der Waals surface area contributed by atoms with Gasteiger partial charge in [-0.15, -0.1) is 0 Å². The number of nitrogens with zero attached hydrogens (tertiary/aromatic N) is 2. The summed E-state index contributed by atoms with van der Waals surface area (Å²) in [5, 5.41) is 2.83. The molecule has 1 heterocycles. The van der Waals surface area contributed by atoms with Crippen LogP contribution < -0.4 is 5.32 Å². The van der Waals surface area contributed by atoms with Gasteiger partial charge in [0.2, 0.25) is 5.91 Å². The van der Waals surface area contributed by atoms with Gasteiger partial charge in [-0.2, -0.15) is 0 Å². The summed E-state index contributed by atoms with van der Waals surface area (Å²) in [5.74, 6) is -0.432. The summed E-state index contributed by atoms with van der Waals surface area (Å²) < 4.78 is 0. The fourth-order valence-corrected chi connectivity index (χ4v) is 3.85. The number of imide groups is 1. The second-order valence-electron chi connectivity index (χ2n) is 7.38. The molecule has 26 heavy (non-hydrogen) atoms. The third-order valence-corrected chi connectivity index (χ3v) is 5.64. The number of carbonyl (C=O) groups is 3. The molecule has 140 valence electrons. The zero-order valence-electron chi connectivity index (χ0n) is 15.5. The number of hydrogen-bond acceptors (Lipinski definition) is 3. The van der Waals surface area contributed by atoms with E-state index in [0.29, 0.717) is 19.4 Å². The van der Waals surface area contributed by atoms with Gasteiger partial charge in [0.25, 0.3) is 5.91 Å². The molecule has 2 aliphatic rings. The minimum atomic E-state index is -0.766. The van der Waals surface area contributed by atoms with Gasteiger partial charge in [-0.25, -0.2) is 4.79 Å². The van der Waals surface area contributed by atoms with Crippen LogP contribution in [0.4, 0.5) is 4.79 Å². The molecule has 1 saturated heterocycles. The molecule has 0 radical (unpaired) electrons. The predicted molar refractivity (Wildman–Crippen MR) is 98.2 cm³/mol. The maximum Gasteiger partial charge on any atom is 0.325 e. The first kappa shape index (κ1) is 18.4. The van der Waals surface area contributed by atoms with Crippen LogP contribution in [-0.4, -0.2) is 45.8 Å². The summed E-state index contributed by atoms with van der Waals surface area (Å²) in [6.45, 7) is 4.30. The number of benzene rings is 1. The lowest BCUT2D eigenvalue weighted by atomic mass is 9.98.